The van der Waals surface area contributed by atoms with Gasteiger partial charge in [-0.25, -0.2) is 13.1 Å². The molecular formula is C19H20N6O4S. The predicted octanol–water partition coefficient (Wildman–Crippen LogP) is 1.46. The molecule has 0 bridgehead atoms. The Bertz CT molecular complexity index is 1110. The maximum Gasteiger partial charge on any atom is 0.243 e. The molecule has 1 N–H and O–H groups in total. The number of ether oxygens (including phenoxy) is 1. The van der Waals surface area contributed by atoms with Gasteiger partial charge in [0.2, 0.25) is 15.9 Å². The van der Waals surface area contributed by atoms with Gasteiger partial charge in [0, 0.05) is 12.2 Å². The first-order chi connectivity index (χ1) is 14.5. The molecule has 1 aliphatic heterocycles. The lowest BCUT2D eigenvalue weighted by Crippen LogP contribution is -2.43. The first-order valence-electron chi connectivity index (χ1n) is 9.29. The number of hydrogen-bond acceptors (Lipinski definition) is 7. The molecule has 156 valence electrons. The van der Waals surface area contributed by atoms with Crippen LogP contribution >= 0.6 is 0 Å². The number of benzene rings is 2. The van der Waals surface area contributed by atoms with Crippen molar-refractivity contribution in [1.82, 2.24) is 24.5 Å². The number of aromatic nitrogens is 4. The van der Waals surface area contributed by atoms with E-state index in [4.69, 9.17) is 4.74 Å². The molecule has 10 nitrogen and oxygen atoms in total. The fourth-order valence-corrected chi connectivity index (χ4v) is 5.03. The summed E-state index contributed by atoms with van der Waals surface area (Å²) in [5, 5.41) is 13.8. The Kier molecular flexibility index (Phi) is 5.46. The van der Waals surface area contributed by atoms with Crippen LogP contribution in [0.2, 0.25) is 0 Å². The van der Waals surface area contributed by atoms with Crippen LogP contribution in [-0.4, -0.2) is 58.5 Å². The second kappa shape index (κ2) is 8.20. The van der Waals surface area contributed by atoms with Crippen molar-refractivity contribution in [1.29, 1.82) is 0 Å². The standard InChI is InChI=1S/C19H20N6O4S/c1-29-16-8-10-17(11-9-16)30(27,28)25-12-2-3-18(25)19(26)21-14-4-6-15(7-5-14)24-13-20-22-23-24/h4-11,13,18H,2-3,12H2,1H3,(H,21,26). The third kappa shape index (κ3) is 3.89. The summed E-state index contributed by atoms with van der Waals surface area (Å²) in [6.45, 7) is 0.296. The number of methoxy groups -OCH3 is 1. The van der Waals surface area contributed by atoms with Gasteiger partial charge in [0.1, 0.15) is 18.1 Å². The van der Waals surface area contributed by atoms with E-state index in [1.54, 1.807) is 36.4 Å². The van der Waals surface area contributed by atoms with Crippen LogP contribution in [0.4, 0.5) is 5.69 Å². The van der Waals surface area contributed by atoms with Crippen LogP contribution in [0, 0.1) is 0 Å². The number of carbonyl (C=O) groups excluding carboxylic acids is 1. The highest BCUT2D eigenvalue weighted by Gasteiger charge is 2.39. The number of anilines is 1. The van der Waals surface area contributed by atoms with E-state index in [-0.39, 0.29) is 10.8 Å². The number of nitrogens with zero attached hydrogens (tertiary/aromatic N) is 5. The van der Waals surface area contributed by atoms with E-state index < -0.39 is 16.1 Å². The summed E-state index contributed by atoms with van der Waals surface area (Å²) < 4.78 is 34.0. The lowest BCUT2D eigenvalue weighted by molar-refractivity contribution is -0.119. The Balaban J connectivity index is 1.49. The van der Waals surface area contributed by atoms with Gasteiger partial charge in [-0.2, -0.15) is 4.31 Å². The molecule has 2 heterocycles. The minimum Gasteiger partial charge on any atom is -0.497 e. The van der Waals surface area contributed by atoms with E-state index in [1.165, 1.54) is 34.6 Å². The van der Waals surface area contributed by atoms with Gasteiger partial charge in [0.25, 0.3) is 0 Å². The maximum absolute atomic E-state index is 13.1. The predicted molar refractivity (Wildman–Crippen MR) is 108 cm³/mol. The highest BCUT2D eigenvalue weighted by molar-refractivity contribution is 7.89. The molecule has 11 heteroatoms. The van der Waals surface area contributed by atoms with E-state index in [0.29, 0.717) is 30.8 Å². The molecule has 30 heavy (non-hydrogen) atoms. The third-order valence-electron chi connectivity index (χ3n) is 4.92. The number of amides is 1. The molecule has 1 aromatic heterocycles. The SMILES string of the molecule is COc1ccc(S(=O)(=O)N2CCCC2C(=O)Nc2ccc(-n3cnnn3)cc2)cc1. The molecule has 0 aliphatic carbocycles. The van der Waals surface area contributed by atoms with Crippen LogP contribution in [0.5, 0.6) is 5.75 Å². The van der Waals surface area contributed by atoms with Crippen molar-refractivity contribution in [3.63, 3.8) is 0 Å². The zero-order chi connectivity index (χ0) is 21.1. The van der Waals surface area contributed by atoms with E-state index in [2.05, 4.69) is 20.8 Å². The quantitative estimate of drug-likeness (QED) is 0.631. The van der Waals surface area contributed by atoms with Gasteiger partial charge < -0.3 is 10.1 Å². The van der Waals surface area contributed by atoms with E-state index in [0.717, 1.165) is 5.69 Å². The summed E-state index contributed by atoms with van der Waals surface area (Å²) in [7, 11) is -2.28. The topological polar surface area (TPSA) is 119 Å². The molecule has 1 saturated heterocycles. The minimum atomic E-state index is -3.80. The van der Waals surface area contributed by atoms with Gasteiger partial charge in [0.05, 0.1) is 17.7 Å². The fourth-order valence-electron chi connectivity index (χ4n) is 3.38. The molecule has 0 saturated carbocycles. The minimum absolute atomic E-state index is 0.133. The number of tetrazole rings is 1. The van der Waals surface area contributed by atoms with Crippen molar-refractivity contribution in [3.05, 3.63) is 54.9 Å². The van der Waals surface area contributed by atoms with Crippen LogP contribution in [0.3, 0.4) is 0 Å². The van der Waals surface area contributed by atoms with Crippen molar-refractivity contribution >= 4 is 21.6 Å². The zero-order valence-electron chi connectivity index (χ0n) is 16.2. The van der Waals surface area contributed by atoms with Crippen molar-refractivity contribution in [2.75, 3.05) is 19.0 Å². The summed E-state index contributed by atoms with van der Waals surface area (Å²) in [4.78, 5) is 13.0. The van der Waals surface area contributed by atoms with Crippen molar-refractivity contribution < 1.29 is 17.9 Å². The average Bonchev–Trinajstić information content (AvgIpc) is 3.47. The van der Waals surface area contributed by atoms with Crippen molar-refractivity contribution in [2.24, 2.45) is 0 Å². The number of sulfonamides is 1. The lowest BCUT2D eigenvalue weighted by Gasteiger charge is -2.23. The summed E-state index contributed by atoms with van der Waals surface area (Å²) in [5.74, 6) is 0.203. The maximum atomic E-state index is 13.1. The Labute approximate surface area is 173 Å². The number of hydrogen-bond donors (Lipinski definition) is 1. The molecule has 3 aromatic rings. The molecule has 2 aromatic carbocycles. The van der Waals surface area contributed by atoms with Gasteiger partial charge >= 0.3 is 0 Å². The van der Waals surface area contributed by atoms with Crippen LogP contribution in [0.15, 0.2) is 59.8 Å². The van der Waals surface area contributed by atoms with Gasteiger partial charge in [-0.3, -0.25) is 4.79 Å². The van der Waals surface area contributed by atoms with Crippen LogP contribution in [0.1, 0.15) is 12.8 Å². The Hall–Kier alpha value is -3.31. The molecule has 0 radical (unpaired) electrons. The van der Waals surface area contributed by atoms with Gasteiger partial charge in [-0.15, -0.1) is 5.10 Å². The fraction of sp³-hybridized carbons (Fsp3) is 0.263. The van der Waals surface area contributed by atoms with E-state index in [9.17, 15) is 13.2 Å². The normalized spacial score (nSPS) is 17.0. The Morgan fingerprint density at radius 2 is 1.87 bits per heavy atom. The summed E-state index contributed by atoms with van der Waals surface area (Å²) >= 11 is 0. The second-order valence-electron chi connectivity index (χ2n) is 6.74. The zero-order valence-corrected chi connectivity index (χ0v) is 17.0. The molecule has 1 aliphatic rings. The van der Waals surface area contributed by atoms with E-state index in [1.807, 2.05) is 0 Å². The van der Waals surface area contributed by atoms with E-state index >= 15 is 0 Å². The molecular weight excluding hydrogens is 408 g/mol. The third-order valence-corrected chi connectivity index (χ3v) is 6.84. The highest BCUT2D eigenvalue weighted by atomic mass is 32.2. The highest BCUT2D eigenvalue weighted by Crippen LogP contribution is 2.28. The molecule has 1 fully saturated rings. The van der Waals surface area contributed by atoms with Gasteiger partial charge in [-0.1, -0.05) is 0 Å². The smallest absolute Gasteiger partial charge is 0.243 e. The number of carbonyl (C=O) groups is 1. The molecule has 4 rings (SSSR count). The van der Waals surface area contributed by atoms with Crippen molar-refractivity contribution in [2.45, 2.75) is 23.8 Å². The molecule has 1 amide bonds. The van der Waals surface area contributed by atoms with Crippen molar-refractivity contribution in [3.8, 4) is 11.4 Å². The summed E-state index contributed by atoms with van der Waals surface area (Å²) in [6, 6.07) is 12.3. The summed E-state index contributed by atoms with van der Waals surface area (Å²) in [6.07, 6.45) is 2.55. The molecule has 0 spiro atoms. The summed E-state index contributed by atoms with van der Waals surface area (Å²) in [5.41, 5.74) is 1.30. The lowest BCUT2D eigenvalue weighted by atomic mass is 10.2. The van der Waals surface area contributed by atoms with Gasteiger partial charge in [-0.05, 0) is 71.8 Å². The number of rotatable bonds is 6. The van der Waals surface area contributed by atoms with Crippen LogP contribution < -0.4 is 10.1 Å². The first-order valence-corrected chi connectivity index (χ1v) is 10.7. The second-order valence-corrected chi connectivity index (χ2v) is 8.63. The van der Waals surface area contributed by atoms with Crippen LogP contribution in [0.25, 0.3) is 5.69 Å². The molecule has 1 atom stereocenters. The monoisotopic (exact) mass is 428 g/mol. The first kappa shape index (κ1) is 20.0. The number of nitrogens with one attached hydrogen (secondary N) is 1. The average molecular weight is 428 g/mol. The van der Waals surface area contributed by atoms with Gasteiger partial charge in [0.15, 0.2) is 0 Å². The Morgan fingerprint density at radius 1 is 1.13 bits per heavy atom. The largest absolute Gasteiger partial charge is 0.497 e. The Morgan fingerprint density at radius 3 is 2.50 bits per heavy atom. The molecule has 1 unspecified atom stereocenters. The van der Waals surface area contributed by atoms with Crippen LogP contribution in [-0.2, 0) is 14.8 Å².